The number of aryl methyl sites for hydroxylation is 1. The number of anilines is 1. The lowest BCUT2D eigenvalue weighted by Gasteiger charge is -2.00. The van der Waals surface area contributed by atoms with Gasteiger partial charge in [0.05, 0.1) is 17.4 Å². The summed E-state index contributed by atoms with van der Waals surface area (Å²) in [5.74, 6) is -0.118. The number of hydrogen-bond donors (Lipinski definition) is 1. The minimum Gasteiger partial charge on any atom is -0.462 e. The Balaban J connectivity index is 1.56. The van der Waals surface area contributed by atoms with E-state index in [0.717, 1.165) is 27.4 Å². The molecule has 2 aromatic heterocycles. The summed E-state index contributed by atoms with van der Waals surface area (Å²) in [6.07, 6.45) is 0. The Bertz CT molecular complexity index is 985. The normalized spacial score (nSPS) is 10.7. The van der Waals surface area contributed by atoms with Crippen molar-refractivity contribution in [2.24, 2.45) is 0 Å². The van der Waals surface area contributed by atoms with Crippen molar-refractivity contribution >= 4 is 55.9 Å². The summed E-state index contributed by atoms with van der Waals surface area (Å²) in [5, 5.41) is 11.6. The number of ether oxygens (including phenoxy) is 1. The largest absolute Gasteiger partial charge is 0.462 e. The van der Waals surface area contributed by atoms with Crippen LogP contribution in [0.4, 0.5) is 5.00 Å². The first-order valence-electron chi connectivity index (χ1n) is 8.26. The van der Waals surface area contributed by atoms with Crippen LogP contribution in [0.1, 0.15) is 22.2 Å². The van der Waals surface area contributed by atoms with Crippen LogP contribution in [0.5, 0.6) is 0 Å². The molecule has 146 valence electrons. The number of nitrogens with one attached hydrogen (secondary N) is 1. The summed E-state index contributed by atoms with van der Waals surface area (Å²) in [6, 6.07) is 9.23. The highest BCUT2D eigenvalue weighted by atomic mass is 79.9. The number of aromatic nitrogens is 2. The molecule has 7 nitrogen and oxygen atoms in total. The zero-order chi connectivity index (χ0) is 20.1. The first kappa shape index (κ1) is 20.6. The maximum atomic E-state index is 12.2. The number of amides is 1. The van der Waals surface area contributed by atoms with Crippen LogP contribution in [-0.4, -0.2) is 34.4 Å². The van der Waals surface area contributed by atoms with Crippen LogP contribution in [0.2, 0.25) is 0 Å². The van der Waals surface area contributed by atoms with Crippen molar-refractivity contribution in [3.05, 3.63) is 45.2 Å². The Morgan fingerprint density at radius 2 is 2.04 bits per heavy atom. The molecule has 0 atom stereocenters. The van der Waals surface area contributed by atoms with Gasteiger partial charge in [0, 0.05) is 10.0 Å². The minimum absolute atomic E-state index is 0.105. The van der Waals surface area contributed by atoms with Crippen LogP contribution in [0, 0.1) is 6.92 Å². The highest BCUT2D eigenvalue weighted by Gasteiger charge is 2.17. The Morgan fingerprint density at radius 1 is 1.29 bits per heavy atom. The van der Waals surface area contributed by atoms with Crippen LogP contribution in [0.3, 0.4) is 0 Å². The van der Waals surface area contributed by atoms with Gasteiger partial charge in [-0.2, -0.15) is 0 Å². The predicted octanol–water partition coefficient (Wildman–Crippen LogP) is 4.78. The molecule has 1 N–H and O–H groups in total. The summed E-state index contributed by atoms with van der Waals surface area (Å²) in [6.45, 7) is 3.86. The van der Waals surface area contributed by atoms with Gasteiger partial charge in [-0.1, -0.05) is 27.7 Å². The summed E-state index contributed by atoms with van der Waals surface area (Å²) >= 11 is 5.70. The molecule has 3 aromatic rings. The van der Waals surface area contributed by atoms with Gasteiger partial charge < -0.3 is 14.5 Å². The summed E-state index contributed by atoms with van der Waals surface area (Å²) < 4.78 is 11.5. The maximum absolute atomic E-state index is 12.2. The first-order chi connectivity index (χ1) is 13.5. The topological polar surface area (TPSA) is 94.3 Å². The Morgan fingerprint density at radius 3 is 2.75 bits per heavy atom. The molecule has 0 bridgehead atoms. The molecule has 10 heteroatoms. The number of benzene rings is 1. The fourth-order valence-electron chi connectivity index (χ4n) is 2.22. The summed E-state index contributed by atoms with van der Waals surface area (Å²) in [4.78, 5) is 24.5. The molecule has 2 heterocycles. The third-order valence-electron chi connectivity index (χ3n) is 3.47. The van der Waals surface area contributed by atoms with Crippen molar-refractivity contribution in [3.63, 3.8) is 0 Å². The van der Waals surface area contributed by atoms with Gasteiger partial charge in [0.1, 0.15) is 4.88 Å². The third kappa shape index (κ3) is 5.21. The van der Waals surface area contributed by atoms with Gasteiger partial charge in [0.2, 0.25) is 11.8 Å². The molecule has 0 radical (unpaired) electrons. The van der Waals surface area contributed by atoms with E-state index in [1.54, 1.807) is 19.9 Å². The molecule has 3 rings (SSSR count). The molecule has 28 heavy (non-hydrogen) atoms. The molecule has 0 aliphatic carbocycles. The summed E-state index contributed by atoms with van der Waals surface area (Å²) in [5.41, 5.74) is 1.56. The SMILES string of the molecule is CCOC(=O)c1sc(NC(=O)CSc2nnc(-c3ccc(Br)cc3)o2)cc1C. The van der Waals surface area contributed by atoms with E-state index in [-0.39, 0.29) is 17.6 Å². The van der Waals surface area contributed by atoms with E-state index in [2.05, 4.69) is 31.4 Å². The van der Waals surface area contributed by atoms with Crippen molar-refractivity contribution < 1.29 is 18.7 Å². The van der Waals surface area contributed by atoms with Crippen molar-refractivity contribution in [2.75, 3.05) is 17.7 Å². The highest BCUT2D eigenvalue weighted by Crippen LogP contribution is 2.28. The fraction of sp³-hybridized carbons (Fsp3) is 0.222. The second-order valence-electron chi connectivity index (χ2n) is 5.56. The number of hydrogen-bond acceptors (Lipinski definition) is 8. The quantitative estimate of drug-likeness (QED) is 0.383. The molecule has 0 saturated heterocycles. The average Bonchev–Trinajstić information content (AvgIpc) is 3.27. The van der Waals surface area contributed by atoms with E-state index in [1.807, 2.05) is 24.3 Å². The van der Waals surface area contributed by atoms with Crippen LogP contribution in [0.25, 0.3) is 11.5 Å². The Kier molecular flexibility index (Phi) is 6.87. The number of esters is 1. The average molecular weight is 482 g/mol. The maximum Gasteiger partial charge on any atom is 0.348 e. The van der Waals surface area contributed by atoms with Crippen LogP contribution in [0.15, 0.2) is 44.4 Å². The third-order valence-corrected chi connectivity index (χ3v) is 5.95. The molecule has 0 fully saturated rings. The number of carbonyl (C=O) groups excluding carboxylic acids is 2. The predicted molar refractivity (Wildman–Crippen MR) is 112 cm³/mol. The molecule has 0 unspecified atom stereocenters. The van der Waals surface area contributed by atoms with Gasteiger partial charge in [-0.25, -0.2) is 4.79 Å². The van der Waals surface area contributed by atoms with Crippen molar-refractivity contribution in [3.8, 4) is 11.5 Å². The number of rotatable bonds is 7. The van der Waals surface area contributed by atoms with Crippen LogP contribution < -0.4 is 5.32 Å². The monoisotopic (exact) mass is 481 g/mol. The molecular weight excluding hydrogens is 466 g/mol. The zero-order valence-corrected chi connectivity index (χ0v) is 18.2. The molecule has 1 amide bonds. The Hall–Kier alpha value is -2.17. The lowest BCUT2D eigenvalue weighted by Crippen LogP contribution is -2.13. The molecule has 0 saturated carbocycles. The standard InChI is InChI=1S/C18H16BrN3O4S2/c1-3-25-17(24)15-10(2)8-14(28-15)20-13(23)9-27-18-22-21-16(26-18)11-4-6-12(19)7-5-11/h4-8H,3,9H2,1-2H3,(H,20,23). The van der Waals surface area contributed by atoms with Crippen LogP contribution in [-0.2, 0) is 9.53 Å². The van der Waals surface area contributed by atoms with Gasteiger partial charge in [0.15, 0.2) is 0 Å². The second-order valence-corrected chi connectivity index (χ2v) is 8.45. The molecular formula is C18H16BrN3O4S2. The van der Waals surface area contributed by atoms with E-state index in [0.29, 0.717) is 27.6 Å². The minimum atomic E-state index is -0.383. The van der Waals surface area contributed by atoms with Gasteiger partial charge in [-0.3, -0.25) is 4.79 Å². The van der Waals surface area contributed by atoms with Gasteiger partial charge in [-0.15, -0.1) is 21.5 Å². The van der Waals surface area contributed by atoms with Gasteiger partial charge in [-0.05, 0) is 49.7 Å². The first-order valence-corrected chi connectivity index (χ1v) is 10.9. The van der Waals surface area contributed by atoms with E-state index >= 15 is 0 Å². The van der Waals surface area contributed by atoms with Gasteiger partial charge >= 0.3 is 5.97 Å². The van der Waals surface area contributed by atoms with E-state index < -0.39 is 0 Å². The van der Waals surface area contributed by atoms with Gasteiger partial charge in [0.25, 0.3) is 5.22 Å². The lowest BCUT2D eigenvalue weighted by molar-refractivity contribution is -0.113. The van der Waals surface area contributed by atoms with Crippen molar-refractivity contribution in [2.45, 2.75) is 19.1 Å². The number of thiophene rings is 1. The Labute approximate surface area is 178 Å². The number of carbonyl (C=O) groups is 2. The number of halogens is 1. The van der Waals surface area contributed by atoms with Crippen molar-refractivity contribution in [1.29, 1.82) is 0 Å². The zero-order valence-electron chi connectivity index (χ0n) is 15.0. The van der Waals surface area contributed by atoms with E-state index in [4.69, 9.17) is 9.15 Å². The summed E-state index contributed by atoms with van der Waals surface area (Å²) in [7, 11) is 0. The van der Waals surface area contributed by atoms with Crippen LogP contribution >= 0.6 is 39.0 Å². The lowest BCUT2D eigenvalue weighted by atomic mass is 10.2. The molecule has 0 aliphatic rings. The van der Waals surface area contributed by atoms with Crippen molar-refractivity contribution in [1.82, 2.24) is 10.2 Å². The van der Waals surface area contributed by atoms with E-state index in [9.17, 15) is 9.59 Å². The highest BCUT2D eigenvalue weighted by molar-refractivity contribution is 9.10. The number of thioether (sulfide) groups is 1. The second kappa shape index (κ2) is 9.35. The fourth-order valence-corrected chi connectivity index (χ4v) is 4.03. The smallest absolute Gasteiger partial charge is 0.348 e. The molecule has 0 spiro atoms. The van der Waals surface area contributed by atoms with E-state index in [1.165, 1.54) is 11.3 Å². The number of nitrogens with zero attached hydrogens (tertiary/aromatic N) is 2. The molecule has 0 aliphatic heterocycles. The molecule has 1 aromatic carbocycles.